The van der Waals surface area contributed by atoms with Crippen LogP contribution in [0.2, 0.25) is 0 Å². The van der Waals surface area contributed by atoms with Crippen LogP contribution in [-0.4, -0.2) is 39.3 Å². The zero-order valence-electron chi connectivity index (χ0n) is 12.5. The maximum Gasteiger partial charge on any atom is 0.333 e. The molecule has 1 saturated heterocycles. The molecule has 1 heterocycles. The molecule has 0 amide bonds. The zero-order chi connectivity index (χ0) is 15.6. The Bertz CT molecular complexity index is 574. The van der Waals surface area contributed by atoms with Crippen LogP contribution in [0.4, 0.5) is 11.4 Å². The predicted octanol–water partition coefficient (Wildman–Crippen LogP) is 2.34. The number of ether oxygens (including phenoxy) is 1. The molecule has 0 bridgehead atoms. The second-order valence-electron chi connectivity index (χ2n) is 5.54. The van der Waals surface area contributed by atoms with E-state index >= 15 is 0 Å². The van der Waals surface area contributed by atoms with Crippen LogP contribution in [-0.2, 0) is 10.8 Å². The quantitative estimate of drug-likeness (QED) is 0.630. The number of hydrogen-bond donors (Lipinski definition) is 0. The number of nitro benzene ring substituents is 1. The Hall–Kier alpha value is -1.63. The molecule has 1 aromatic rings. The van der Waals surface area contributed by atoms with Gasteiger partial charge >= 0.3 is 5.69 Å². The Kier molecular flexibility index (Phi) is 4.51. The first-order valence-corrected chi connectivity index (χ1v) is 8.22. The molecule has 7 heteroatoms. The molecule has 116 valence electrons. The molecular formula is C14H20N2O4S. The molecule has 0 aliphatic carbocycles. The molecule has 0 saturated carbocycles. The first-order chi connectivity index (χ1) is 9.86. The fourth-order valence-electron chi connectivity index (χ4n) is 2.51. The minimum absolute atomic E-state index is 0.0113. The molecule has 1 atom stereocenters. The van der Waals surface area contributed by atoms with Gasteiger partial charge in [0, 0.05) is 29.6 Å². The summed E-state index contributed by atoms with van der Waals surface area (Å²) in [6.45, 7) is 7.09. The summed E-state index contributed by atoms with van der Waals surface area (Å²) in [5.74, 6) is 0.799. The van der Waals surface area contributed by atoms with Gasteiger partial charge in [0.25, 0.3) is 0 Å². The van der Waals surface area contributed by atoms with Crippen LogP contribution in [0.5, 0.6) is 5.75 Å². The van der Waals surface area contributed by atoms with Crippen LogP contribution in [0.3, 0.4) is 0 Å². The van der Waals surface area contributed by atoms with Crippen molar-refractivity contribution >= 4 is 22.2 Å². The fraction of sp³-hybridized carbons (Fsp3) is 0.571. The third-order valence-corrected chi connectivity index (χ3v) is 5.45. The van der Waals surface area contributed by atoms with Crippen molar-refractivity contribution in [3.05, 3.63) is 28.3 Å². The Labute approximate surface area is 126 Å². The van der Waals surface area contributed by atoms with Crippen molar-refractivity contribution in [2.24, 2.45) is 0 Å². The highest BCUT2D eigenvalue weighted by Crippen LogP contribution is 2.39. The number of anilines is 1. The lowest BCUT2D eigenvalue weighted by molar-refractivity contribution is -0.385. The summed E-state index contributed by atoms with van der Waals surface area (Å²) in [6, 6.07) is 5.09. The Morgan fingerprint density at radius 2 is 2.19 bits per heavy atom. The van der Waals surface area contributed by atoms with Crippen molar-refractivity contribution < 1.29 is 13.9 Å². The highest BCUT2D eigenvalue weighted by atomic mass is 32.2. The van der Waals surface area contributed by atoms with E-state index in [1.54, 1.807) is 25.1 Å². The van der Waals surface area contributed by atoms with Gasteiger partial charge < -0.3 is 9.64 Å². The average Bonchev–Trinajstić information content (AvgIpc) is 2.41. The first-order valence-electron chi connectivity index (χ1n) is 6.90. The summed E-state index contributed by atoms with van der Waals surface area (Å²) in [5, 5.41) is 11.4. The Balaban J connectivity index is 2.42. The maximum atomic E-state index is 12.0. The number of benzene rings is 1. The normalized spacial score (nSPS) is 21.1. The van der Waals surface area contributed by atoms with Crippen molar-refractivity contribution in [3.8, 4) is 5.75 Å². The molecular weight excluding hydrogens is 292 g/mol. The second-order valence-corrected chi connectivity index (χ2v) is 7.75. The van der Waals surface area contributed by atoms with Crippen molar-refractivity contribution in [2.75, 3.05) is 30.3 Å². The molecule has 0 spiro atoms. The largest absolute Gasteiger partial charge is 0.487 e. The van der Waals surface area contributed by atoms with Crippen molar-refractivity contribution in [2.45, 2.75) is 25.5 Å². The lowest BCUT2D eigenvalue weighted by Crippen LogP contribution is -2.50. The van der Waals surface area contributed by atoms with E-state index in [0.717, 1.165) is 0 Å². The van der Waals surface area contributed by atoms with Crippen LogP contribution in [0, 0.1) is 10.1 Å². The third-order valence-electron chi connectivity index (χ3n) is 3.54. The molecule has 21 heavy (non-hydrogen) atoms. The molecule has 1 aliphatic rings. The van der Waals surface area contributed by atoms with Gasteiger partial charge in [-0.1, -0.05) is 6.07 Å². The summed E-state index contributed by atoms with van der Waals surface area (Å²) in [7, 11) is -0.914. The second kappa shape index (κ2) is 6.01. The van der Waals surface area contributed by atoms with Crippen molar-refractivity contribution in [1.29, 1.82) is 0 Å². The summed E-state index contributed by atoms with van der Waals surface area (Å²) >= 11 is 0. The van der Waals surface area contributed by atoms with Gasteiger partial charge in [-0.25, -0.2) is 0 Å². The molecule has 1 fully saturated rings. The molecule has 2 rings (SSSR count). The molecule has 0 radical (unpaired) electrons. The Morgan fingerprint density at radius 3 is 2.76 bits per heavy atom. The van der Waals surface area contributed by atoms with Crippen LogP contribution in [0.15, 0.2) is 18.2 Å². The number of hydrogen-bond acceptors (Lipinski definition) is 5. The van der Waals surface area contributed by atoms with E-state index in [1.165, 1.54) is 0 Å². The van der Waals surface area contributed by atoms with E-state index in [4.69, 9.17) is 4.74 Å². The minimum atomic E-state index is -0.914. The van der Waals surface area contributed by atoms with Gasteiger partial charge in [0.1, 0.15) is 5.69 Å². The molecule has 1 aromatic carbocycles. The summed E-state index contributed by atoms with van der Waals surface area (Å²) < 4.78 is 17.0. The summed E-state index contributed by atoms with van der Waals surface area (Å²) in [4.78, 5) is 13.0. The van der Waals surface area contributed by atoms with Crippen LogP contribution >= 0.6 is 0 Å². The van der Waals surface area contributed by atoms with Gasteiger partial charge in [0.05, 0.1) is 16.3 Å². The van der Waals surface area contributed by atoms with E-state index in [1.807, 2.05) is 18.7 Å². The monoisotopic (exact) mass is 312 g/mol. The smallest absolute Gasteiger partial charge is 0.333 e. The molecule has 1 aliphatic heterocycles. The lowest BCUT2D eigenvalue weighted by Gasteiger charge is -2.38. The number of rotatable bonds is 4. The van der Waals surface area contributed by atoms with E-state index in [9.17, 15) is 14.3 Å². The average molecular weight is 312 g/mol. The number of nitro groups is 1. The van der Waals surface area contributed by atoms with Crippen LogP contribution in [0.1, 0.15) is 20.8 Å². The first kappa shape index (κ1) is 15.8. The summed E-state index contributed by atoms with van der Waals surface area (Å²) in [6.07, 6.45) is 0. The SMILES string of the molecule is CCOc1cccc(N2CC[S@](=O)C(C)(C)C2)c1[N+](=O)[O-]. The number of nitrogens with zero attached hydrogens (tertiary/aromatic N) is 2. The third kappa shape index (κ3) is 3.18. The van der Waals surface area contributed by atoms with Gasteiger partial charge in [-0.05, 0) is 32.9 Å². The number of para-hydroxylation sites is 1. The van der Waals surface area contributed by atoms with Crippen molar-refractivity contribution in [1.82, 2.24) is 0 Å². The van der Waals surface area contributed by atoms with E-state index in [-0.39, 0.29) is 16.2 Å². The van der Waals surface area contributed by atoms with Crippen LogP contribution < -0.4 is 9.64 Å². The van der Waals surface area contributed by atoms with Gasteiger partial charge in [-0.2, -0.15) is 0 Å². The molecule has 0 unspecified atom stereocenters. The minimum Gasteiger partial charge on any atom is -0.487 e. The van der Waals surface area contributed by atoms with Gasteiger partial charge in [0.2, 0.25) is 0 Å². The summed E-state index contributed by atoms with van der Waals surface area (Å²) in [5.41, 5.74) is 0.526. The molecule has 0 N–H and O–H groups in total. The standard InChI is InChI=1S/C14H20N2O4S/c1-4-20-12-7-5-6-11(13(12)16(17)18)15-8-9-21(19)14(2,3)10-15/h5-7H,4,8-10H2,1-3H3/t21-/m0/s1. The van der Waals surface area contributed by atoms with Gasteiger partial charge in [-0.3, -0.25) is 14.3 Å². The Morgan fingerprint density at radius 1 is 1.48 bits per heavy atom. The lowest BCUT2D eigenvalue weighted by atomic mass is 10.1. The molecule has 0 aromatic heterocycles. The highest BCUT2D eigenvalue weighted by molar-refractivity contribution is 7.86. The van der Waals surface area contributed by atoms with Crippen LogP contribution in [0.25, 0.3) is 0 Å². The topological polar surface area (TPSA) is 72.7 Å². The maximum absolute atomic E-state index is 12.0. The van der Waals surface area contributed by atoms with E-state index in [0.29, 0.717) is 31.1 Å². The van der Waals surface area contributed by atoms with E-state index in [2.05, 4.69) is 0 Å². The fourth-order valence-corrected chi connectivity index (χ4v) is 3.75. The predicted molar refractivity (Wildman–Crippen MR) is 83.6 cm³/mol. The van der Waals surface area contributed by atoms with E-state index < -0.39 is 15.7 Å². The highest BCUT2D eigenvalue weighted by Gasteiger charge is 2.36. The van der Waals surface area contributed by atoms with Gasteiger partial charge in [-0.15, -0.1) is 0 Å². The molecule has 6 nitrogen and oxygen atoms in total. The zero-order valence-corrected chi connectivity index (χ0v) is 13.3. The van der Waals surface area contributed by atoms with Gasteiger partial charge in [0.15, 0.2) is 5.75 Å². The van der Waals surface area contributed by atoms with Crippen molar-refractivity contribution in [3.63, 3.8) is 0 Å².